The fourth-order valence-corrected chi connectivity index (χ4v) is 7.09. The topological polar surface area (TPSA) is 186 Å². The molecule has 0 aliphatic carbocycles. The lowest BCUT2D eigenvalue weighted by molar-refractivity contribution is -0.297. The summed E-state index contributed by atoms with van der Waals surface area (Å²) in [4.78, 5) is 25.4. The number of esters is 2. The SMILES string of the molecule is CCCCCC/C=C/C=C/CCCCCCCC(=O)O[C@H](COC(=O)CCCC/C=C/C/C=C/CCCCCCCC)CO[C@H]1O[C@H](CS(=O)(=O)O)[C@@H](O)C(O)C1O. The molecular formula is C45H78O12S. The van der Waals surface area contributed by atoms with E-state index in [0.717, 1.165) is 64.2 Å². The minimum absolute atomic E-state index is 0.139. The van der Waals surface area contributed by atoms with Gasteiger partial charge in [0.05, 0.1) is 6.61 Å². The Hall–Kier alpha value is -2.39. The standard InChI is InChI=1S/C45H78O12S/c1-3-5-7-9-11-13-15-17-19-21-23-25-27-29-31-33-40(46)54-35-38(36-55-45-44(50)43(49)42(48)39(57-45)37-58(51,52)53)56-41(47)34-32-30-28-26-24-22-20-18-16-14-12-10-8-6-4-2/h14,16-20,23,25,38-39,42-45,48-50H,3-13,15,21-22,24,26-37H2,1-2H3,(H,51,52,53)/b16-14+,19-17+,20-18+,25-23+/t38-,39-,42-,43?,44?,45+/m1/s1. The first-order valence-corrected chi connectivity index (χ1v) is 23.8. The molecule has 0 aromatic heterocycles. The number of hydrogen-bond acceptors (Lipinski definition) is 11. The number of rotatable bonds is 36. The van der Waals surface area contributed by atoms with E-state index in [0.29, 0.717) is 12.8 Å². The number of allylic oxidation sites excluding steroid dienone is 8. The van der Waals surface area contributed by atoms with Crippen LogP contribution in [0.2, 0.25) is 0 Å². The van der Waals surface area contributed by atoms with Crippen LogP contribution in [0, 0.1) is 0 Å². The molecule has 2 unspecified atom stereocenters. The lowest BCUT2D eigenvalue weighted by atomic mass is 10.00. The largest absolute Gasteiger partial charge is 0.462 e. The van der Waals surface area contributed by atoms with E-state index in [9.17, 15) is 37.9 Å². The molecule has 58 heavy (non-hydrogen) atoms. The van der Waals surface area contributed by atoms with Crippen LogP contribution in [0.5, 0.6) is 0 Å². The molecule has 12 nitrogen and oxygen atoms in total. The fourth-order valence-electron chi connectivity index (χ4n) is 6.40. The maximum Gasteiger partial charge on any atom is 0.306 e. The first-order chi connectivity index (χ1) is 28.0. The molecular weight excluding hydrogens is 765 g/mol. The van der Waals surface area contributed by atoms with Gasteiger partial charge in [-0.1, -0.05) is 133 Å². The van der Waals surface area contributed by atoms with Crippen LogP contribution in [0.4, 0.5) is 0 Å². The van der Waals surface area contributed by atoms with Gasteiger partial charge in [-0.25, -0.2) is 0 Å². The van der Waals surface area contributed by atoms with E-state index in [-0.39, 0.29) is 19.4 Å². The molecule has 0 amide bonds. The number of hydrogen-bond donors (Lipinski definition) is 4. The van der Waals surface area contributed by atoms with Crippen molar-refractivity contribution in [3.05, 3.63) is 48.6 Å². The maximum absolute atomic E-state index is 12.8. The molecule has 0 saturated carbocycles. The smallest absolute Gasteiger partial charge is 0.306 e. The van der Waals surface area contributed by atoms with Crippen LogP contribution in [0.25, 0.3) is 0 Å². The Labute approximate surface area is 350 Å². The van der Waals surface area contributed by atoms with Gasteiger partial charge in [-0.2, -0.15) is 8.42 Å². The number of aliphatic hydroxyl groups excluding tert-OH is 3. The summed E-state index contributed by atoms with van der Waals surface area (Å²) in [6, 6.07) is 0. The molecule has 0 spiro atoms. The molecule has 1 aliphatic rings. The average Bonchev–Trinajstić information content (AvgIpc) is 3.18. The predicted molar refractivity (Wildman–Crippen MR) is 229 cm³/mol. The van der Waals surface area contributed by atoms with Gasteiger partial charge in [0.1, 0.15) is 36.8 Å². The number of aliphatic hydroxyl groups is 3. The summed E-state index contributed by atoms with van der Waals surface area (Å²) in [6.07, 6.45) is 31.6. The highest BCUT2D eigenvalue weighted by Gasteiger charge is 2.46. The Morgan fingerprint density at radius 2 is 1.09 bits per heavy atom. The third kappa shape index (κ3) is 29.8. The minimum Gasteiger partial charge on any atom is -0.462 e. The zero-order valence-corrected chi connectivity index (χ0v) is 36.5. The highest BCUT2D eigenvalue weighted by Crippen LogP contribution is 2.24. The van der Waals surface area contributed by atoms with Crippen molar-refractivity contribution in [2.45, 2.75) is 205 Å². The number of ether oxygens (including phenoxy) is 4. The van der Waals surface area contributed by atoms with Crippen molar-refractivity contribution in [3.8, 4) is 0 Å². The van der Waals surface area contributed by atoms with Crippen LogP contribution in [-0.4, -0.2) is 96.0 Å². The minimum atomic E-state index is -4.61. The monoisotopic (exact) mass is 843 g/mol. The molecule has 1 saturated heterocycles. The normalized spacial score (nSPS) is 20.8. The van der Waals surface area contributed by atoms with Crippen molar-refractivity contribution in [1.82, 2.24) is 0 Å². The molecule has 4 N–H and O–H groups in total. The van der Waals surface area contributed by atoms with Crippen molar-refractivity contribution in [1.29, 1.82) is 0 Å². The van der Waals surface area contributed by atoms with Gasteiger partial charge in [-0.15, -0.1) is 0 Å². The lowest BCUT2D eigenvalue weighted by Gasteiger charge is -2.40. The molecule has 13 heteroatoms. The Morgan fingerprint density at radius 1 is 0.603 bits per heavy atom. The molecule has 0 aromatic rings. The van der Waals surface area contributed by atoms with Crippen LogP contribution >= 0.6 is 0 Å². The summed E-state index contributed by atoms with van der Waals surface area (Å²) in [7, 11) is -4.61. The summed E-state index contributed by atoms with van der Waals surface area (Å²) >= 11 is 0. The van der Waals surface area contributed by atoms with Gasteiger partial charge >= 0.3 is 11.9 Å². The van der Waals surface area contributed by atoms with Gasteiger partial charge in [-0.05, 0) is 70.6 Å². The third-order valence-corrected chi connectivity index (χ3v) is 10.7. The van der Waals surface area contributed by atoms with Gasteiger partial charge in [0.15, 0.2) is 12.4 Å². The molecule has 0 bridgehead atoms. The van der Waals surface area contributed by atoms with Crippen molar-refractivity contribution in [2.24, 2.45) is 0 Å². The molecule has 0 radical (unpaired) electrons. The first-order valence-electron chi connectivity index (χ1n) is 22.2. The van der Waals surface area contributed by atoms with Crippen molar-refractivity contribution in [2.75, 3.05) is 19.0 Å². The van der Waals surface area contributed by atoms with E-state index in [1.165, 1.54) is 64.2 Å². The molecule has 1 fully saturated rings. The summed E-state index contributed by atoms with van der Waals surface area (Å²) in [5.41, 5.74) is 0. The van der Waals surface area contributed by atoms with Crippen molar-refractivity contribution < 1.29 is 56.8 Å². The molecule has 336 valence electrons. The Kier molecular flexibility index (Phi) is 32.7. The van der Waals surface area contributed by atoms with E-state index in [4.69, 9.17) is 18.9 Å². The van der Waals surface area contributed by atoms with Crippen LogP contribution in [0.1, 0.15) is 168 Å². The Bertz CT molecular complexity index is 1260. The quantitative estimate of drug-likeness (QED) is 0.0155. The average molecular weight is 843 g/mol. The summed E-state index contributed by atoms with van der Waals surface area (Å²) in [5.74, 6) is -2.05. The summed E-state index contributed by atoms with van der Waals surface area (Å²) in [5, 5.41) is 30.8. The second-order valence-electron chi connectivity index (χ2n) is 15.4. The highest BCUT2D eigenvalue weighted by atomic mass is 32.2. The van der Waals surface area contributed by atoms with Crippen LogP contribution < -0.4 is 0 Å². The predicted octanol–water partition coefficient (Wildman–Crippen LogP) is 8.78. The van der Waals surface area contributed by atoms with Crippen LogP contribution in [0.3, 0.4) is 0 Å². The van der Waals surface area contributed by atoms with Gasteiger partial charge in [0.25, 0.3) is 10.1 Å². The van der Waals surface area contributed by atoms with Gasteiger partial charge < -0.3 is 34.3 Å². The fraction of sp³-hybridized carbons (Fsp3) is 0.778. The zero-order chi connectivity index (χ0) is 42.7. The van der Waals surface area contributed by atoms with Crippen LogP contribution in [-0.2, 0) is 38.7 Å². The zero-order valence-electron chi connectivity index (χ0n) is 35.6. The Morgan fingerprint density at radius 3 is 1.67 bits per heavy atom. The van der Waals surface area contributed by atoms with E-state index < -0.39 is 71.2 Å². The maximum atomic E-state index is 12.8. The van der Waals surface area contributed by atoms with Gasteiger partial charge in [0.2, 0.25) is 0 Å². The molecule has 6 atom stereocenters. The molecule has 1 aliphatic heterocycles. The number of carbonyl (C=O) groups excluding carboxylic acids is 2. The Balaban J connectivity index is 2.50. The van der Waals surface area contributed by atoms with E-state index in [1.54, 1.807) is 0 Å². The van der Waals surface area contributed by atoms with Crippen LogP contribution in [0.15, 0.2) is 48.6 Å². The first kappa shape index (κ1) is 53.6. The molecule has 1 heterocycles. The third-order valence-electron chi connectivity index (χ3n) is 9.91. The van der Waals surface area contributed by atoms with E-state index >= 15 is 0 Å². The second kappa shape index (κ2) is 35.4. The number of unbranched alkanes of at least 4 members (excludes halogenated alkanes) is 17. The number of carbonyl (C=O) groups is 2. The summed E-state index contributed by atoms with van der Waals surface area (Å²) < 4.78 is 54.0. The molecule has 0 aromatic carbocycles. The van der Waals surface area contributed by atoms with Crippen molar-refractivity contribution in [3.63, 3.8) is 0 Å². The lowest BCUT2D eigenvalue weighted by Crippen LogP contribution is -2.60. The highest BCUT2D eigenvalue weighted by molar-refractivity contribution is 7.85. The summed E-state index contributed by atoms with van der Waals surface area (Å²) in [6.45, 7) is 3.68. The van der Waals surface area contributed by atoms with E-state index in [2.05, 4.69) is 62.5 Å². The second-order valence-corrected chi connectivity index (χ2v) is 16.9. The molecule has 1 rings (SSSR count). The van der Waals surface area contributed by atoms with Gasteiger partial charge in [-0.3, -0.25) is 14.1 Å². The van der Waals surface area contributed by atoms with Crippen molar-refractivity contribution >= 4 is 22.1 Å². The van der Waals surface area contributed by atoms with E-state index in [1.807, 2.05) is 0 Å². The van der Waals surface area contributed by atoms with Gasteiger partial charge in [0, 0.05) is 12.8 Å².